The molecule has 0 aromatic heterocycles. The first-order valence-electron chi connectivity index (χ1n) is 5.62. The molecular formula is C14H11ClF3N. The fraction of sp³-hybridized carbons (Fsp3) is 0.143. The van der Waals surface area contributed by atoms with Crippen LogP contribution in [0.3, 0.4) is 0 Å². The maximum atomic E-state index is 13.5. The standard InChI is InChI=1S/C14H11ClF3N/c15-9-4-5-10(16)8(6-9)7-13(19)14-11(17)2-1-3-12(14)18/h1-6,13H,7,19H2. The monoisotopic (exact) mass is 285 g/mol. The highest BCUT2D eigenvalue weighted by Crippen LogP contribution is 2.24. The van der Waals surface area contributed by atoms with Crippen LogP contribution in [0.5, 0.6) is 0 Å². The van der Waals surface area contributed by atoms with Crippen molar-refractivity contribution in [3.05, 3.63) is 70.0 Å². The summed E-state index contributed by atoms with van der Waals surface area (Å²) in [5, 5.41) is 0.345. The lowest BCUT2D eigenvalue weighted by atomic mass is 9.98. The van der Waals surface area contributed by atoms with Gasteiger partial charge in [0.1, 0.15) is 17.5 Å². The third-order valence-corrected chi connectivity index (χ3v) is 3.05. The van der Waals surface area contributed by atoms with Crippen molar-refractivity contribution in [2.24, 2.45) is 5.73 Å². The van der Waals surface area contributed by atoms with Crippen molar-refractivity contribution < 1.29 is 13.2 Å². The Morgan fingerprint density at radius 2 is 1.63 bits per heavy atom. The quantitative estimate of drug-likeness (QED) is 0.906. The Labute approximate surface area is 113 Å². The molecule has 0 aliphatic heterocycles. The summed E-state index contributed by atoms with van der Waals surface area (Å²) in [6, 6.07) is 6.50. The summed E-state index contributed by atoms with van der Waals surface area (Å²) in [4.78, 5) is 0. The van der Waals surface area contributed by atoms with Gasteiger partial charge in [-0.05, 0) is 42.3 Å². The lowest BCUT2D eigenvalue weighted by Gasteiger charge is -2.14. The van der Waals surface area contributed by atoms with E-state index in [9.17, 15) is 13.2 Å². The molecule has 2 rings (SSSR count). The van der Waals surface area contributed by atoms with Gasteiger partial charge >= 0.3 is 0 Å². The molecule has 5 heteroatoms. The molecule has 2 aromatic rings. The van der Waals surface area contributed by atoms with Crippen LogP contribution in [-0.2, 0) is 6.42 Å². The second-order valence-electron chi connectivity index (χ2n) is 4.18. The van der Waals surface area contributed by atoms with E-state index in [0.717, 1.165) is 12.1 Å². The largest absolute Gasteiger partial charge is 0.323 e. The molecule has 2 N–H and O–H groups in total. The zero-order valence-electron chi connectivity index (χ0n) is 9.84. The van der Waals surface area contributed by atoms with E-state index in [4.69, 9.17) is 17.3 Å². The average molecular weight is 286 g/mol. The first-order chi connectivity index (χ1) is 8.99. The molecule has 0 radical (unpaired) electrons. The molecule has 0 aliphatic carbocycles. The van der Waals surface area contributed by atoms with Gasteiger partial charge in [0.25, 0.3) is 0 Å². The minimum absolute atomic E-state index is 0.0375. The second-order valence-corrected chi connectivity index (χ2v) is 4.62. The van der Waals surface area contributed by atoms with E-state index in [1.54, 1.807) is 0 Å². The predicted octanol–water partition coefficient (Wildman–Crippen LogP) is 4.00. The minimum atomic E-state index is -0.978. The SMILES string of the molecule is NC(Cc1cc(Cl)ccc1F)c1c(F)cccc1F. The third-order valence-electron chi connectivity index (χ3n) is 2.82. The van der Waals surface area contributed by atoms with E-state index in [1.807, 2.05) is 0 Å². The molecule has 1 nitrogen and oxygen atoms in total. The van der Waals surface area contributed by atoms with E-state index < -0.39 is 23.5 Å². The highest BCUT2D eigenvalue weighted by atomic mass is 35.5. The highest BCUT2D eigenvalue weighted by Gasteiger charge is 2.18. The van der Waals surface area contributed by atoms with Crippen LogP contribution in [-0.4, -0.2) is 0 Å². The van der Waals surface area contributed by atoms with E-state index in [1.165, 1.54) is 24.3 Å². The average Bonchev–Trinajstić information content (AvgIpc) is 2.33. The normalized spacial score (nSPS) is 12.5. The Balaban J connectivity index is 2.31. The second kappa shape index (κ2) is 5.63. The molecule has 0 spiro atoms. The first kappa shape index (κ1) is 13.9. The zero-order chi connectivity index (χ0) is 14.0. The van der Waals surface area contributed by atoms with E-state index in [2.05, 4.69) is 0 Å². The smallest absolute Gasteiger partial charge is 0.130 e. The van der Waals surface area contributed by atoms with Gasteiger partial charge in [-0.25, -0.2) is 13.2 Å². The lowest BCUT2D eigenvalue weighted by Crippen LogP contribution is -2.17. The van der Waals surface area contributed by atoms with Crippen LogP contribution < -0.4 is 5.73 Å². The van der Waals surface area contributed by atoms with Crippen molar-refractivity contribution in [1.82, 2.24) is 0 Å². The van der Waals surface area contributed by atoms with Crippen molar-refractivity contribution >= 4 is 11.6 Å². The number of nitrogens with two attached hydrogens (primary N) is 1. The van der Waals surface area contributed by atoms with Gasteiger partial charge in [-0.1, -0.05) is 17.7 Å². The van der Waals surface area contributed by atoms with Crippen molar-refractivity contribution in [3.8, 4) is 0 Å². The summed E-state index contributed by atoms with van der Waals surface area (Å²) in [7, 11) is 0. The van der Waals surface area contributed by atoms with E-state index in [-0.39, 0.29) is 17.5 Å². The molecule has 1 unspecified atom stereocenters. The molecule has 0 saturated carbocycles. The topological polar surface area (TPSA) is 26.0 Å². The van der Waals surface area contributed by atoms with Gasteiger partial charge in [0.2, 0.25) is 0 Å². The van der Waals surface area contributed by atoms with Crippen molar-refractivity contribution in [1.29, 1.82) is 0 Å². The Morgan fingerprint density at radius 1 is 1.00 bits per heavy atom. The number of halogens is 4. The first-order valence-corrected chi connectivity index (χ1v) is 6.00. The molecule has 2 aromatic carbocycles. The fourth-order valence-corrected chi connectivity index (χ4v) is 2.10. The molecule has 0 bridgehead atoms. The summed E-state index contributed by atoms with van der Waals surface area (Å²) >= 11 is 5.75. The summed E-state index contributed by atoms with van der Waals surface area (Å²) in [5.74, 6) is -1.98. The highest BCUT2D eigenvalue weighted by molar-refractivity contribution is 6.30. The molecule has 0 aliphatic rings. The van der Waals surface area contributed by atoms with Crippen LogP contribution in [0.25, 0.3) is 0 Å². The Hall–Kier alpha value is -1.52. The molecule has 100 valence electrons. The van der Waals surface area contributed by atoms with Crippen LogP contribution in [0.15, 0.2) is 36.4 Å². The Bertz CT molecular complexity index is 581. The molecule has 0 saturated heterocycles. The molecule has 0 fully saturated rings. The Kier molecular flexibility index (Phi) is 4.12. The number of rotatable bonds is 3. The number of hydrogen-bond acceptors (Lipinski definition) is 1. The van der Waals surface area contributed by atoms with Gasteiger partial charge in [0.15, 0.2) is 0 Å². The van der Waals surface area contributed by atoms with Gasteiger partial charge < -0.3 is 5.73 Å². The maximum absolute atomic E-state index is 13.5. The van der Waals surface area contributed by atoms with E-state index >= 15 is 0 Å². The van der Waals surface area contributed by atoms with Crippen LogP contribution in [0.1, 0.15) is 17.2 Å². The van der Waals surface area contributed by atoms with Gasteiger partial charge in [0.05, 0.1) is 0 Å². The van der Waals surface area contributed by atoms with Crippen molar-refractivity contribution in [2.45, 2.75) is 12.5 Å². The van der Waals surface area contributed by atoms with Gasteiger partial charge in [0, 0.05) is 16.6 Å². The van der Waals surface area contributed by atoms with Gasteiger partial charge in [-0.3, -0.25) is 0 Å². The molecule has 1 atom stereocenters. The maximum Gasteiger partial charge on any atom is 0.130 e. The Morgan fingerprint density at radius 3 is 2.26 bits per heavy atom. The van der Waals surface area contributed by atoms with Crippen LogP contribution >= 0.6 is 11.6 Å². The van der Waals surface area contributed by atoms with Crippen LogP contribution in [0.2, 0.25) is 5.02 Å². The van der Waals surface area contributed by atoms with Crippen LogP contribution in [0, 0.1) is 17.5 Å². The predicted molar refractivity (Wildman–Crippen MR) is 68.4 cm³/mol. The van der Waals surface area contributed by atoms with Crippen molar-refractivity contribution in [2.75, 3.05) is 0 Å². The lowest BCUT2D eigenvalue weighted by molar-refractivity contribution is 0.518. The fourth-order valence-electron chi connectivity index (χ4n) is 1.90. The molecule has 19 heavy (non-hydrogen) atoms. The van der Waals surface area contributed by atoms with Gasteiger partial charge in [-0.2, -0.15) is 0 Å². The molecular weight excluding hydrogens is 275 g/mol. The summed E-state index contributed by atoms with van der Waals surface area (Å²) < 4.78 is 40.6. The molecule has 0 amide bonds. The summed E-state index contributed by atoms with van der Waals surface area (Å²) in [6.07, 6.45) is -0.0375. The van der Waals surface area contributed by atoms with Crippen LogP contribution in [0.4, 0.5) is 13.2 Å². The number of benzene rings is 2. The van der Waals surface area contributed by atoms with E-state index in [0.29, 0.717) is 5.02 Å². The minimum Gasteiger partial charge on any atom is -0.323 e. The number of hydrogen-bond donors (Lipinski definition) is 1. The summed E-state index contributed by atoms with van der Waals surface area (Å²) in [6.45, 7) is 0. The van der Waals surface area contributed by atoms with Crippen molar-refractivity contribution in [3.63, 3.8) is 0 Å². The zero-order valence-corrected chi connectivity index (χ0v) is 10.6. The molecule has 0 heterocycles. The third kappa shape index (κ3) is 3.08. The summed E-state index contributed by atoms with van der Waals surface area (Å²) in [5.41, 5.74) is 5.73. The van der Waals surface area contributed by atoms with Gasteiger partial charge in [-0.15, -0.1) is 0 Å².